The molecule has 0 aliphatic carbocycles. The maximum atomic E-state index is 11.9. The molecule has 30 heavy (non-hydrogen) atoms. The van der Waals surface area contributed by atoms with Crippen molar-refractivity contribution < 1.29 is 41.0 Å². The predicted octanol–water partition coefficient (Wildman–Crippen LogP) is 2.20. The molecule has 0 radical (unpaired) electrons. The highest BCUT2D eigenvalue weighted by Gasteiger charge is 2.44. The molecule has 3 heterocycles. The quantitative estimate of drug-likeness (QED) is 0.727. The Bertz CT molecular complexity index is 796. The maximum absolute atomic E-state index is 11.9. The molecular formula is C18H25F3N2O6S. The highest BCUT2D eigenvalue weighted by atomic mass is 32.2. The number of alkyl halides is 3. The van der Waals surface area contributed by atoms with E-state index in [9.17, 15) is 21.6 Å². The number of ether oxygens (including phenoxy) is 2. The monoisotopic (exact) mass is 454 g/mol. The molecule has 0 amide bonds. The van der Waals surface area contributed by atoms with Crippen LogP contribution in [0.25, 0.3) is 0 Å². The molecule has 2 aliphatic heterocycles. The second-order valence-corrected chi connectivity index (χ2v) is 9.35. The lowest BCUT2D eigenvalue weighted by atomic mass is 9.89. The normalized spacial score (nSPS) is 21.8. The average Bonchev–Trinajstić information content (AvgIpc) is 3.10. The minimum Gasteiger partial charge on any atom is -0.475 e. The van der Waals surface area contributed by atoms with Crippen molar-refractivity contribution in [3.05, 3.63) is 30.1 Å². The third-order valence-corrected chi connectivity index (χ3v) is 6.93. The van der Waals surface area contributed by atoms with Crippen molar-refractivity contribution in [3.63, 3.8) is 0 Å². The van der Waals surface area contributed by atoms with Crippen molar-refractivity contribution in [2.24, 2.45) is 0 Å². The molecule has 0 bridgehead atoms. The first-order valence-electron chi connectivity index (χ1n) is 9.40. The maximum Gasteiger partial charge on any atom is 0.490 e. The summed E-state index contributed by atoms with van der Waals surface area (Å²) in [4.78, 5) is 12.9. The summed E-state index contributed by atoms with van der Waals surface area (Å²) in [6, 6.07) is 3.89. The third-order valence-electron chi connectivity index (χ3n) is 5.04. The smallest absolute Gasteiger partial charge is 0.475 e. The summed E-state index contributed by atoms with van der Waals surface area (Å²) in [5, 5.41) is 7.12. The van der Waals surface area contributed by atoms with Gasteiger partial charge in [0.2, 0.25) is 10.0 Å². The zero-order chi connectivity index (χ0) is 22.4. The van der Waals surface area contributed by atoms with Gasteiger partial charge in [0.25, 0.3) is 0 Å². The van der Waals surface area contributed by atoms with Crippen LogP contribution >= 0.6 is 0 Å². The SMILES string of the molecule is CCS(=O)(=O)N1CCC2(CC1)CC(OCc1ccncc1)CO2.O=C(O)C(F)(F)F. The predicted molar refractivity (Wildman–Crippen MR) is 100 cm³/mol. The van der Waals surface area contributed by atoms with E-state index in [1.165, 1.54) is 0 Å². The van der Waals surface area contributed by atoms with E-state index in [2.05, 4.69) is 4.98 Å². The molecule has 3 rings (SSSR count). The molecule has 1 N–H and O–H groups in total. The van der Waals surface area contributed by atoms with Crippen LogP contribution in [0.15, 0.2) is 24.5 Å². The Balaban J connectivity index is 0.000000396. The van der Waals surface area contributed by atoms with E-state index in [1.807, 2.05) is 12.1 Å². The van der Waals surface area contributed by atoms with Gasteiger partial charge in [-0.25, -0.2) is 17.5 Å². The summed E-state index contributed by atoms with van der Waals surface area (Å²) in [6.07, 6.45) is 0.864. The lowest BCUT2D eigenvalue weighted by Crippen LogP contribution is -2.47. The Hall–Kier alpha value is -1.76. The molecule has 170 valence electrons. The number of nitrogens with zero attached hydrogens (tertiary/aromatic N) is 2. The van der Waals surface area contributed by atoms with E-state index in [1.54, 1.807) is 23.6 Å². The number of piperidine rings is 1. The summed E-state index contributed by atoms with van der Waals surface area (Å²) in [5.74, 6) is -2.59. The molecule has 2 saturated heterocycles. The number of hydrogen-bond acceptors (Lipinski definition) is 6. The van der Waals surface area contributed by atoms with Crippen molar-refractivity contribution >= 4 is 16.0 Å². The Labute approximate surface area is 173 Å². The average molecular weight is 454 g/mol. The molecule has 1 aromatic rings. The van der Waals surface area contributed by atoms with Crippen LogP contribution in [0.5, 0.6) is 0 Å². The van der Waals surface area contributed by atoms with Crippen LogP contribution in [0.3, 0.4) is 0 Å². The van der Waals surface area contributed by atoms with E-state index in [-0.39, 0.29) is 17.5 Å². The fraction of sp³-hybridized carbons (Fsp3) is 0.667. The highest BCUT2D eigenvalue weighted by Crippen LogP contribution is 2.37. The van der Waals surface area contributed by atoms with E-state index < -0.39 is 22.2 Å². The van der Waals surface area contributed by atoms with Crippen LogP contribution in [-0.2, 0) is 30.9 Å². The highest BCUT2D eigenvalue weighted by molar-refractivity contribution is 7.89. The van der Waals surface area contributed by atoms with E-state index in [4.69, 9.17) is 19.4 Å². The standard InChI is InChI=1S/C16H24N2O4S.C2HF3O2/c1-2-23(19,20)18-9-5-16(6-10-18)11-15(13-22-16)21-12-14-3-7-17-8-4-14;3-2(4,5)1(6)7/h3-4,7-8,15H,2,5-6,9-13H2,1H3;(H,6,7). The first-order chi connectivity index (χ1) is 14.0. The van der Waals surface area contributed by atoms with Crippen LogP contribution in [0, 0.1) is 0 Å². The van der Waals surface area contributed by atoms with E-state index >= 15 is 0 Å². The van der Waals surface area contributed by atoms with Crippen LogP contribution in [0.4, 0.5) is 13.2 Å². The second kappa shape index (κ2) is 10.0. The van der Waals surface area contributed by atoms with Gasteiger partial charge >= 0.3 is 12.1 Å². The van der Waals surface area contributed by atoms with Gasteiger partial charge in [-0.1, -0.05) is 0 Å². The molecule has 1 spiro atoms. The lowest BCUT2D eigenvalue weighted by molar-refractivity contribution is -0.192. The molecule has 1 atom stereocenters. The summed E-state index contributed by atoms with van der Waals surface area (Å²) < 4.78 is 69.2. The van der Waals surface area contributed by atoms with Crippen LogP contribution in [0.1, 0.15) is 31.7 Å². The topological polar surface area (TPSA) is 106 Å². The summed E-state index contributed by atoms with van der Waals surface area (Å²) in [5.41, 5.74) is 0.896. The molecule has 0 aromatic carbocycles. The first kappa shape index (κ1) is 24.5. The molecule has 8 nitrogen and oxygen atoms in total. The van der Waals surface area contributed by atoms with Crippen LogP contribution < -0.4 is 0 Å². The minimum atomic E-state index is -5.08. The molecule has 1 unspecified atom stereocenters. The van der Waals surface area contributed by atoms with Crippen molar-refractivity contribution in [1.29, 1.82) is 0 Å². The molecule has 2 aliphatic rings. The van der Waals surface area contributed by atoms with Gasteiger partial charge in [0.15, 0.2) is 0 Å². The van der Waals surface area contributed by atoms with Gasteiger partial charge in [-0.05, 0) is 37.5 Å². The number of rotatable bonds is 5. The van der Waals surface area contributed by atoms with Crippen LogP contribution in [0.2, 0.25) is 0 Å². The Kier molecular flexibility index (Phi) is 8.20. The van der Waals surface area contributed by atoms with Gasteiger partial charge in [-0.15, -0.1) is 0 Å². The third kappa shape index (κ3) is 6.89. The zero-order valence-electron chi connectivity index (χ0n) is 16.5. The number of pyridine rings is 1. The number of carboxylic acid groups (broad SMARTS) is 1. The van der Waals surface area contributed by atoms with Gasteiger partial charge in [-0.3, -0.25) is 4.98 Å². The Morgan fingerprint density at radius 2 is 1.90 bits per heavy atom. The summed E-state index contributed by atoms with van der Waals surface area (Å²) in [6.45, 7) is 3.93. The van der Waals surface area contributed by atoms with Crippen molar-refractivity contribution in [1.82, 2.24) is 9.29 Å². The fourth-order valence-corrected chi connectivity index (χ4v) is 4.41. The first-order valence-corrected chi connectivity index (χ1v) is 11.0. The van der Waals surface area contributed by atoms with Gasteiger partial charge in [-0.2, -0.15) is 13.2 Å². The second-order valence-electron chi connectivity index (χ2n) is 7.09. The number of carbonyl (C=O) groups is 1. The number of carboxylic acids is 1. The van der Waals surface area contributed by atoms with Crippen molar-refractivity contribution in [2.45, 2.75) is 50.7 Å². The Morgan fingerprint density at radius 1 is 1.33 bits per heavy atom. The van der Waals surface area contributed by atoms with Gasteiger partial charge in [0, 0.05) is 31.9 Å². The molecular weight excluding hydrogens is 429 g/mol. The van der Waals surface area contributed by atoms with Crippen LogP contribution in [-0.4, -0.2) is 72.1 Å². The fourth-order valence-electron chi connectivity index (χ4n) is 3.31. The molecule has 0 saturated carbocycles. The molecule has 1 aromatic heterocycles. The van der Waals surface area contributed by atoms with E-state index in [0.29, 0.717) is 26.3 Å². The zero-order valence-corrected chi connectivity index (χ0v) is 17.3. The van der Waals surface area contributed by atoms with Gasteiger partial charge in [0.1, 0.15) is 0 Å². The summed E-state index contributed by atoms with van der Waals surface area (Å²) >= 11 is 0. The number of hydrogen-bond donors (Lipinski definition) is 1. The van der Waals surface area contributed by atoms with Crippen molar-refractivity contribution in [3.8, 4) is 0 Å². The van der Waals surface area contributed by atoms with Crippen molar-refractivity contribution in [2.75, 3.05) is 25.4 Å². The number of sulfonamides is 1. The lowest BCUT2D eigenvalue weighted by Gasteiger charge is -2.37. The van der Waals surface area contributed by atoms with Gasteiger partial charge < -0.3 is 14.6 Å². The number of aromatic nitrogens is 1. The minimum absolute atomic E-state index is 0.0810. The summed E-state index contributed by atoms with van der Waals surface area (Å²) in [7, 11) is -3.09. The van der Waals surface area contributed by atoms with E-state index in [0.717, 1.165) is 24.8 Å². The molecule has 2 fully saturated rings. The number of aliphatic carboxylic acids is 1. The number of halogens is 3. The largest absolute Gasteiger partial charge is 0.490 e. The van der Waals surface area contributed by atoms with Gasteiger partial charge in [0.05, 0.1) is 30.7 Å². The Morgan fingerprint density at radius 3 is 2.40 bits per heavy atom. The molecule has 12 heteroatoms.